The third-order valence-corrected chi connectivity index (χ3v) is 4.75. The van der Waals surface area contributed by atoms with E-state index < -0.39 is 12.0 Å². The van der Waals surface area contributed by atoms with Gasteiger partial charge < -0.3 is 10.1 Å². The number of ether oxygens (including phenoxy) is 1. The van der Waals surface area contributed by atoms with Crippen molar-refractivity contribution in [2.45, 2.75) is 45.3 Å². The van der Waals surface area contributed by atoms with Gasteiger partial charge in [-0.15, -0.1) is 5.10 Å². The second-order valence-electron chi connectivity index (χ2n) is 5.89. The number of carbonyl (C=O) groups is 2. The highest BCUT2D eigenvalue weighted by atomic mass is 32.2. The van der Waals surface area contributed by atoms with E-state index in [9.17, 15) is 9.59 Å². The van der Waals surface area contributed by atoms with E-state index in [0.717, 1.165) is 17.8 Å². The Hall–Kier alpha value is -2.16. The fourth-order valence-corrected chi connectivity index (χ4v) is 2.98. The highest BCUT2D eigenvalue weighted by Gasteiger charge is 2.26. The van der Waals surface area contributed by atoms with Crippen LogP contribution in [0.3, 0.4) is 0 Å². The molecule has 0 radical (unpaired) electrons. The van der Waals surface area contributed by atoms with Gasteiger partial charge in [-0.2, -0.15) is 4.98 Å². The summed E-state index contributed by atoms with van der Waals surface area (Å²) in [6.45, 7) is 7.67. The molecule has 0 saturated carbocycles. The highest BCUT2D eigenvalue weighted by molar-refractivity contribution is 7.99. The Morgan fingerprint density at radius 2 is 2.08 bits per heavy atom. The van der Waals surface area contributed by atoms with Gasteiger partial charge >= 0.3 is 5.97 Å². The molecule has 1 N–H and O–H groups in total. The summed E-state index contributed by atoms with van der Waals surface area (Å²) in [5, 5.41) is 7.54. The molecule has 0 aromatic carbocycles. The first kappa shape index (κ1) is 19.2. The molecule has 0 aliphatic heterocycles. The van der Waals surface area contributed by atoms with E-state index in [-0.39, 0.29) is 17.6 Å². The number of nitrogens with zero attached hydrogens (tertiary/aromatic N) is 4. The molecular formula is C16H23N5O3S. The Labute approximate surface area is 150 Å². The summed E-state index contributed by atoms with van der Waals surface area (Å²) in [5.74, 6) is -0.0926. The van der Waals surface area contributed by atoms with Crippen LogP contribution in [-0.4, -0.2) is 50.4 Å². The van der Waals surface area contributed by atoms with Gasteiger partial charge in [0.05, 0.1) is 12.9 Å². The molecule has 1 amide bonds. The lowest BCUT2D eigenvalue weighted by Crippen LogP contribution is -2.46. The van der Waals surface area contributed by atoms with Crippen LogP contribution in [0.15, 0.2) is 11.2 Å². The summed E-state index contributed by atoms with van der Waals surface area (Å²) >= 11 is 1.20. The van der Waals surface area contributed by atoms with Gasteiger partial charge in [-0.25, -0.2) is 14.3 Å². The Morgan fingerprint density at radius 1 is 1.36 bits per heavy atom. The average molecular weight is 365 g/mol. The number of carbonyl (C=O) groups excluding carboxylic acids is 2. The Kier molecular flexibility index (Phi) is 6.35. The van der Waals surface area contributed by atoms with Gasteiger partial charge in [0.2, 0.25) is 11.1 Å². The molecule has 0 spiro atoms. The van der Waals surface area contributed by atoms with Crippen molar-refractivity contribution in [2.24, 2.45) is 5.92 Å². The van der Waals surface area contributed by atoms with E-state index in [1.165, 1.54) is 18.9 Å². The van der Waals surface area contributed by atoms with Crippen LogP contribution in [0.25, 0.3) is 5.78 Å². The number of aromatic nitrogens is 4. The van der Waals surface area contributed by atoms with Crippen LogP contribution in [0.1, 0.15) is 31.7 Å². The van der Waals surface area contributed by atoms with E-state index in [0.29, 0.717) is 10.9 Å². The molecule has 0 fully saturated rings. The normalized spacial score (nSPS) is 13.5. The summed E-state index contributed by atoms with van der Waals surface area (Å²) in [4.78, 5) is 32.7. The van der Waals surface area contributed by atoms with Gasteiger partial charge in [-0.3, -0.25) is 4.79 Å². The van der Waals surface area contributed by atoms with Crippen molar-refractivity contribution in [1.82, 2.24) is 24.9 Å². The summed E-state index contributed by atoms with van der Waals surface area (Å²) < 4.78 is 6.41. The number of esters is 1. The van der Waals surface area contributed by atoms with Crippen LogP contribution in [-0.2, 0) is 14.3 Å². The Balaban J connectivity index is 2.01. The van der Waals surface area contributed by atoms with Crippen LogP contribution in [0.4, 0.5) is 0 Å². The highest BCUT2D eigenvalue weighted by Crippen LogP contribution is 2.16. The number of nitrogens with one attached hydrogen (secondary N) is 1. The predicted octanol–water partition coefficient (Wildman–Crippen LogP) is 1.54. The number of thioether (sulfide) groups is 1. The smallest absolute Gasteiger partial charge is 0.328 e. The molecule has 2 heterocycles. The number of aryl methyl sites for hydroxylation is 2. The summed E-state index contributed by atoms with van der Waals surface area (Å²) in [7, 11) is 1.32. The SMILES string of the molecule is CC[C@@H](C)[C@H](NC(=O)CSc1nc2nc(C)cc(C)n2n1)C(=O)OC. The van der Waals surface area contributed by atoms with Crippen LogP contribution in [0.5, 0.6) is 0 Å². The van der Waals surface area contributed by atoms with E-state index in [1.807, 2.05) is 33.8 Å². The van der Waals surface area contributed by atoms with Crippen molar-refractivity contribution in [1.29, 1.82) is 0 Å². The van der Waals surface area contributed by atoms with Crippen molar-refractivity contribution in [3.63, 3.8) is 0 Å². The number of rotatable bonds is 7. The maximum absolute atomic E-state index is 12.2. The lowest BCUT2D eigenvalue weighted by molar-refractivity contribution is -0.146. The largest absolute Gasteiger partial charge is 0.467 e. The van der Waals surface area contributed by atoms with Gasteiger partial charge in [-0.05, 0) is 25.8 Å². The number of amides is 1. The van der Waals surface area contributed by atoms with Gasteiger partial charge in [0.25, 0.3) is 5.78 Å². The van der Waals surface area contributed by atoms with E-state index in [2.05, 4.69) is 20.4 Å². The Morgan fingerprint density at radius 3 is 2.72 bits per heavy atom. The fourth-order valence-electron chi connectivity index (χ4n) is 2.35. The van der Waals surface area contributed by atoms with Gasteiger partial charge in [0.15, 0.2) is 0 Å². The van der Waals surface area contributed by atoms with Gasteiger partial charge in [0.1, 0.15) is 6.04 Å². The van der Waals surface area contributed by atoms with Gasteiger partial charge in [0, 0.05) is 11.4 Å². The van der Waals surface area contributed by atoms with Crippen LogP contribution < -0.4 is 5.32 Å². The lowest BCUT2D eigenvalue weighted by Gasteiger charge is -2.21. The first-order chi connectivity index (χ1) is 11.8. The van der Waals surface area contributed by atoms with Crippen molar-refractivity contribution in [3.8, 4) is 0 Å². The second-order valence-corrected chi connectivity index (χ2v) is 6.83. The van der Waals surface area contributed by atoms with E-state index in [4.69, 9.17) is 4.74 Å². The van der Waals surface area contributed by atoms with E-state index >= 15 is 0 Å². The van der Waals surface area contributed by atoms with Crippen molar-refractivity contribution < 1.29 is 14.3 Å². The van der Waals surface area contributed by atoms with Crippen LogP contribution in [0, 0.1) is 19.8 Å². The van der Waals surface area contributed by atoms with Gasteiger partial charge in [-0.1, -0.05) is 32.0 Å². The molecule has 2 atom stereocenters. The molecule has 0 aliphatic rings. The van der Waals surface area contributed by atoms with E-state index in [1.54, 1.807) is 4.52 Å². The number of methoxy groups -OCH3 is 1. The zero-order chi connectivity index (χ0) is 18.6. The number of hydrogen-bond acceptors (Lipinski definition) is 7. The van der Waals surface area contributed by atoms with Crippen molar-refractivity contribution in [3.05, 3.63) is 17.5 Å². The number of hydrogen-bond donors (Lipinski definition) is 1. The molecule has 0 saturated heterocycles. The standard InChI is InChI=1S/C16H23N5O3S/c1-6-9(2)13(14(23)24-5)18-12(22)8-25-16-19-15-17-10(3)7-11(4)21(15)20-16/h7,9,13H,6,8H2,1-5H3,(H,18,22)/t9-,13+/m1/s1. The molecule has 0 unspecified atom stereocenters. The predicted molar refractivity (Wildman–Crippen MR) is 94.4 cm³/mol. The fraction of sp³-hybridized carbons (Fsp3) is 0.562. The number of fused-ring (bicyclic) bond motifs is 1. The molecule has 0 bridgehead atoms. The molecule has 0 aliphatic carbocycles. The minimum Gasteiger partial charge on any atom is -0.467 e. The molecule has 9 heteroatoms. The zero-order valence-corrected chi connectivity index (χ0v) is 15.9. The summed E-state index contributed by atoms with van der Waals surface area (Å²) in [6.07, 6.45) is 0.755. The first-order valence-electron chi connectivity index (χ1n) is 8.06. The molecule has 136 valence electrons. The van der Waals surface area contributed by atoms with Crippen molar-refractivity contribution in [2.75, 3.05) is 12.9 Å². The lowest BCUT2D eigenvalue weighted by atomic mass is 9.99. The summed E-state index contributed by atoms with van der Waals surface area (Å²) in [5.41, 5.74) is 1.79. The Bertz CT molecular complexity index is 776. The van der Waals surface area contributed by atoms with Crippen LogP contribution in [0.2, 0.25) is 0 Å². The average Bonchev–Trinajstić information content (AvgIpc) is 2.99. The quantitative estimate of drug-likeness (QED) is 0.587. The molecular weight excluding hydrogens is 342 g/mol. The zero-order valence-electron chi connectivity index (χ0n) is 15.1. The molecule has 25 heavy (non-hydrogen) atoms. The molecule has 2 rings (SSSR count). The monoisotopic (exact) mass is 365 g/mol. The van der Waals surface area contributed by atoms with Crippen molar-refractivity contribution >= 4 is 29.4 Å². The maximum Gasteiger partial charge on any atom is 0.328 e. The molecule has 8 nitrogen and oxygen atoms in total. The minimum atomic E-state index is -0.649. The first-order valence-corrected chi connectivity index (χ1v) is 9.05. The maximum atomic E-state index is 12.2. The third-order valence-electron chi connectivity index (χ3n) is 3.92. The van der Waals surface area contributed by atoms with Crippen LogP contribution >= 0.6 is 11.8 Å². The molecule has 2 aromatic heterocycles. The topological polar surface area (TPSA) is 98.5 Å². The third kappa shape index (κ3) is 4.68. The molecule has 2 aromatic rings. The summed E-state index contributed by atoms with van der Waals surface area (Å²) in [6, 6.07) is 1.26. The second kappa shape index (κ2) is 8.28. The minimum absolute atomic E-state index is 0.00968.